The molecule has 3 heteroatoms. The minimum absolute atomic E-state index is 0. The molecule has 0 aromatic rings. The average molecular weight is 148 g/mol. The van der Waals surface area contributed by atoms with Crippen molar-refractivity contribution >= 4 is 0 Å². The predicted molar refractivity (Wildman–Crippen MR) is 17.3 cm³/mol. The van der Waals surface area contributed by atoms with E-state index in [4.69, 9.17) is 11.5 Å². The molecule has 0 aromatic heterocycles. The molecular weight excluding hydrogens is 141 g/mol. The van der Waals surface area contributed by atoms with Crippen LogP contribution in [0.2, 0.25) is 0 Å². The van der Waals surface area contributed by atoms with Gasteiger partial charge in [0.25, 0.3) is 0 Å². The Morgan fingerprint density at radius 3 is 1.40 bits per heavy atom. The minimum Gasteiger partial charge on any atom is -0.467 e. The zero-order valence-electron chi connectivity index (χ0n) is 3.23. The molecule has 0 saturated carbocycles. The third-order valence-electron chi connectivity index (χ3n) is 0. The van der Waals surface area contributed by atoms with Crippen molar-refractivity contribution < 1.29 is 32.7 Å². The monoisotopic (exact) mass is 148 g/mol. The summed E-state index contributed by atoms with van der Waals surface area (Å²) < 4.78 is 0. The van der Waals surface area contributed by atoms with E-state index in [1.807, 2.05) is 0 Å². The van der Waals surface area contributed by atoms with Gasteiger partial charge in [0, 0.05) is 32.7 Å². The molecule has 0 heterocycles. The maximum Gasteiger partial charge on any atom is 0 e. The Morgan fingerprint density at radius 1 is 1.40 bits per heavy atom. The zero-order chi connectivity index (χ0) is 3.58. The first-order valence-corrected chi connectivity index (χ1v) is 1.08. The summed E-state index contributed by atoms with van der Waals surface area (Å²) in [5, 5.41) is 0. The first kappa shape index (κ1) is 9.39. The summed E-state index contributed by atoms with van der Waals surface area (Å²) in [4.78, 5) is 0. The summed E-state index contributed by atoms with van der Waals surface area (Å²) in [5.74, 6) is 0. The van der Waals surface area contributed by atoms with E-state index < -0.39 is 0 Å². The van der Waals surface area contributed by atoms with Crippen LogP contribution in [-0.2, 0) is 32.7 Å². The van der Waals surface area contributed by atoms with Crippen LogP contribution < -0.4 is 11.5 Å². The molecule has 0 aromatic carbocycles. The van der Waals surface area contributed by atoms with Crippen LogP contribution in [0, 0.1) is 6.17 Å². The number of hydrogen-bond donors (Lipinski definition) is 2. The van der Waals surface area contributed by atoms with E-state index in [2.05, 4.69) is 0 Å². The molecule has 0 aliphatic rings. The normalized spacial score (nSPS) is 7.20. The van der Waals surface area contributed by atoms with Gasteiger partial charge < -0.3 is 11.5 Å². The van der Waals surface area contributed by atoms with Gasteiger partial charge in [-0.25, -0.2) is 6.17 Å². The first-order chi connectivity index (χ1) is 1.73. The standard InChI is InChI=1S/C2H7N2.Y/c1-2(3)4;/h3-4H2,1H3;/q-1;. The van der Waals surface area contributed by atoms with E-state index >= 15 is 0 Å². The van der Waals surface area contributed by atoms with E-state index in [-0.39, 0.29) is 32.7 Å². The van der Waals surface area contributed by atoms with Gasteiger partial charge in [0.1, 0.15) is 0 Å². The Kier molecular flexibility index (Phi) is 9.43. The summed E-state index contributed by atoms with van der Waals surface area (Å²) in [6.45, 7) is 1.64. The molecule has 0 aliphatic heterocycles. The van der Waals surface area contributed by atoms with Gasteiger partial charge in [-0.15, -0.1) is 0 Å². The molecule has 4 N–H and O–H groups in total. The van der Waals surface area contributed by atoms with Crippen molar-refractivity contribution in [2.24, 2.45) is 11.5 Å². The predicted octanol–water partition coefficient (Wildman–Crippen LogP) is -0.589. The Balaban J connectivity index is 0. The van der Waals surface area contributed by atoms with Crippen molar-refractivity contribution in [2.45, 2.75) is 6.92 Å². The molecule has 0 unspecified atom stereocenters. The summed E-state index contributed by atoms with van der Waals surface area (Å²) in [6, 6.07) is 0. The minimum atomic E-state index is 0. The second kappa shape index (κ2) is 5.02. The van der Waals surface area contributed by atoms with E-state index in [0.29, 0.717) is 6.17 Å². The largest absolute Gasteiger partial charge is 0.467 e. The summed E-state index contributed by atoms with van der Waals surface area (Å²) in [7, 11) is 0. The van der Waals surface area contributed by atoms with Gasteiger partial charge in [-0.05, 0) is 0 Å². The van der Waals surface area contributed by atoms with Crippen molar-refractivity contribution in [3.8, 4) is 0 Å². The van der Waals surface area contributed by atoms with Gasteiger partial charge in [0.2, 0.25) is 0 Å². The SMILES string of the molecule is C[C-](N)N.[Y]. The van der Waals surface area contributed by atoms with Crippen molar-refractivity contribution in [2.75, 3.05) is 0 Å². The molecule has 5 heavy (non-hydrogen) atoms. The first-order valence-electron chi connectivity index (χ1n) is 1.08. The molecule has 0 saturated heterocycles. The molecular formula is C2H7N2Y-. The van der Waals surface area contributed by atoms with Gasteiger partial charge in [0.05, 0.1) is 0 Å². The van der Waals surface area contributed by atoms with Crippen LogP contribution in [0.3, 0.4) is 0 Å². The van der Waals surface area contributed by atoms with E-state index in [0.717, 1.165) is 0 Å². The molecule has 0 amide bonds. The van der Waals surface area contributed by atoms with Gasteiger partial charge in [0.15, 0.2) is 0 Å². The third-order valence-corrected chi connectivity index (χ3v) is 0. The van der Waals surface area contributed by atoms with Crippen LogP contribution in [0.5, 0.6) is 0 Å². The van der Waals surface area contributed by atoms with Crippen LogP contribution in [0.15, 0.2) is 0 Å². The topological polar surface area (TPSA) is 52.0 Å². The van der Waals surface area contributed by atoms with Gasteiger partial charge in [-0.2, -0.15) is 6.92 Å². The Hall–Kier alpha value is 1.02. The molecule has 2 nitrogen and oxygen atoms in total. The Labute approximate surface area is 57.2 Å². The number of rotatable bonds is 0. The summed E-state index contributed by atoms with van der Waals surface area (Å²) >= 11 is 0. The van der Waals surface area contributed by atoms with E-state index in [1.165, 1.54) is 0 Å². The van der Waals surface area contributed by atoms with Gasteiger partial charge >= 0.3 is 0 Å². The number of nitrogens with two attached hydrogens (primary N) is 2. The van der Waals surface area contributed by atoms with Crippen molar-refractivity contribution in [1.82, 2.24) is 0 Å². The summed E-state index contributed by atoms with van der Waals surface area (Å²) in [6.07, 6.45) is 0.417. The van der Waals surface area contributed by atoms with Gasteiger partial charge in [-0.1, -0.05) is 0 Å². The Bertz CT molecular complexity index is 12.4. The Morgan fingerprint density at radius 2 is 1.40 bits per heavy atom. The molecule has 0 spiro atoms. The molecule has 0 fully saturated rings. The fraction of sp³-hybridized carbons (Fsp3) is 0.500. The fourth-order valence-corrected chi connectivity index (χ4v) is 0. The molecule has 0 atom stereocenters. The molecule has 0 bridgehead atoms. The van der Waals surface area contributed by atoms with Crippen LogP contribution in [0.4, 0.5) is 0 Å². The van der Waals surface area contributed by atoms with Crippen molar-refractivity contribution in [3.63, 3.8) is 0 Å². The second-order valence-electron chi connectivity index (χ2n) is 0.744. The van der Waals surface area contributed by atoms with Crippen LogP contribution >= 0.6 is 0 Å². The number of hydrogen-bond acceptors (Lipinski definition) is 2. The quantitative estimate of drug-likeness (QED) is 0.451. The van der Waals surface area contributed by atoms with Crippen LogP contribution in [0.1, 0.15) is 6.92 Å². The molecule has 29 valence electrons. The molecule has 1 radical (unpaired) electrons. The van der Waals surface area contributed by atoms with E-state index in [9.17, 15) is 0 Å². The van der Waals surface area contributed by atoms with Crippen molar-refractivity contribution in [3.05, 3.63) is 6.17 Å². The smallest absolute Gasteiger partial charge is 0 e. The van der Waals surface area contributed by atoms with Crippen molar-refractivity contribution in [1.29, 1.82) is 0 Å². The van der Waals surface area contributed by atoms with Crippen LogP contribution in [0.25, 0.3) is 0 Å². The maximum absolute atomic E-state index is 4.81. The second-order valence-corrected chi connectivity index (χ2v) is 0.744. The summed E-state index contributed by atoms with van der Waals surface area (Å²) in [5.41, 5.74) is 9.61. The third kappa shape index (κ3) is 43.8. The van der Waals surface area contributed by atoms with Gasteiger partial charge in [-0.3, -0.25) is 0 Å². The zero-order valence-corrected chi connectivity index (χ0v) is 6.07. The fourth-order valence-electron chi connectivity index (χ4n) is 0. The van der Waals surface area contributed by atoms with E-state index in [1.54, 1.807) is 6.92 Å². The average Bonchev–Trinajstić information content (AvgIpc) is 0.811. The maximum atomic E-state index is 4.81. The molecule has 0 rings (SSSR count). The van der Waals surface area contributed by atoms with Crippen LogP contribution in [-0.4, -0.2) is 0 Å². The molecule has 0 aliphatic carbocycles.